The summed E-state index contributed by atoms with van der Waals surface area (Å²) in [7, 11) is 4.04. The van der Waals surface area contributed by atoms with E-state index in [0.29, 0.717) is 16.4 Å². The van der Waals surface area contributed by atoms with E-state index in [1.54, 1.807) is 12.1 Å². The first-order chi connectivity index (χ1) is 12.0. The van der Waals surface area contributed by atoms with Crippen LogP contribution in [0.5, 0.6) is 0 Å². The lowest BCUT2D eigenvalue weighted by Gasteiger charge is -2.19. The molecule has 0 unspecified atom stereocenters. The Kier molecular flexibility index (Phi) is 5.10. The zero-order chi connectivity index (χ0) is 18.0. The number of rotatable bonds is 6. The summed E-state index contributed by atoms with van der Waals surface area (Å²) < 4.78 is 32.9. The molecule has 0 aliphatic heterocycles. The van der Waals surface area contributed by atoms with Crippen molar-refractivity contribution in [1.82, 2.24) is 4.98 Å². The Morgan fingerprint density at radius 1 is 1.36 bits per heavy atom. The highest BCUT2D eigenvalue weighted by Gasteiger charge is 2.24. The summed E-state index contributed by atoms with van der Waals surface area (Å²) in [5.41, 5.74) is 0.0666. The third-order valence-electron chi connectivity index (χ3n) is 3.67. The fourth-order valence-corrected chi connectivity index (χ4v) is 3.50. The summed E-state index contributed by atoms with van der Waals surface area (Å²) in [6.45, 7) is 1.27. The van der Waals surface area contributed by atoms with Crippen molar-refractivity contribution in [2.75, 3.05) is 32.1 Å². The molecule has 1 N–H and O–H groups in total. The molecule has 1 amide bonds. The van der Waals surface area contributed by atoms with Gasteiger partial charge >= 0.3 is 0 Å². The second kappa shape index (κ2) is 7.28. The number of aromatic nitrogens is 1. The number of anilines is 1. The molecule has 0 atom stereocenters. The van der Waals surface area contributed by atoms with Gasteiger partial charge in [-0.1, -0.05) is 11.3 Å². The van der Waals surface area contributed by atoms with E-state index in [0.717, 1.165) is 30.4 Å². The second-order valence-corrected chi connectivity index (χ2v) is 6.98. The molecule has 3 rings (SSSR count). The Balaban J connectivity index is 1.95. The number of carbonyl (C=O) groups excluding carboxylic acids is 1. The van der Waals surface area contributed by atoms with Crippen LogP contribution < -0.4 is 9.80 Å². The molecule has 132 valence electrons. The molecule has 3 aromatic rings. The molecule has 1 aromatic carbocycles. The molecule has 8 heteroatoms. The van der Waals surface area contributed by atoms with Gasteiger partial charge in [0.25, 0.3) is 5.91 Å². The molecule has 5 nitrogen and oxygen atoms in total. The number of hydrogen-bond acceptors (Lipinski definition) is 4. The van der Waals surface area contributed by atoms with Gasteiger partial charge < -0.3 is 9.32 Å². The van der Waals surface area contributed by atoms with Crippen molar-refractivity contribution in [1.29, 1.82) is 0 Å². The van der Waals surface area contributed by atoms with Crippen LogP contribution in [0.1, 0.15) is 17.0 Å². The van der Waals surface area contributed by atoms with Gasteiger partial charge in [0.1, 0.15) is 11.3 Å². The van der Waals surface area contributed by atoms with Crippen molar-refractivity contribution >= 4 is 32.6 Å². The fraction of sp³-hybridized carbons (Fsp3) is 0.294. The number of nitrogens with one attached hydrogen (secondary N) is 1. The molecule has 2 aromatic heterocycles. The van der Waals surface area contributed by atoms with Gasteiger partial charge in [-0.15, -0.1) is 0 Å². The number of halogens is 2. The van der Waals surface area contributed by atoms with Crippen molar-refractivity contribution in [3.8, 4) is 0 Å². The van der Waals surface area contributed by atoms with E-state index in [1.165, 1.54) is 22.1 Å². The molecule has 0 bridgehead atoms. The third kappa shape index (κ3) is 3.85. The number of furan rings is 1. The van der Waals surface area contributed by atoms with Crippen molar-refractivity contribution in [3.05, 3.63) is 47.9 Å². The lowest BCUT2D eigenvalue weighted by atomic mass is 10.3. The Morgan fingerprint density at radius 2 is 2.16 bits per heavy atom. The first-order valence-electron chi connectivity index (χ1n) is 7.85. The standard InChI is InChI=1S/C17H17F2N3O2S/c1-21(2)6-4-7-22(16(23)13-5-3-8-24-13)17-20-15-12(19)9-11(18)10-14(15)25-17/h3,5,8-10H,4,6-7H2,1-2H3/p+1. The van der Waals surface area contributed by atoms with Crippen LogP contribution >= 0.6 is 11.3 Å². The van der Waals surface area contributed by atoms with E-state index < -0.39 is 11.6 Å². The number of thiazole rings is 1. The van der Waals surface area contributed by atoms with Crippen LogP contribution in [0.3, 0.4) is 0 Å². The van der Waals surface area contributed by atoms with Crippen molar-refractivity contribution in [2.24, 2.45) is 0 Å². The molecule has 0 aliphatic carbocycles. The van der Waals surface area contributed by atoms with Crippen LogP contribution in [0.4, 0.5) is 13.9 Å². The number of benzene rings is 1. The zero-order valence-corrected chi connectivity index (χ0v) is 14.7. The number of quaternary nitrogens is 1. The number of nitrogens with zero attached hydrogens (tertiary/aromatic N) is 2. The maximum atomic E-state index is 13.9. The van der Waals surface area contributed by atoms with E-state index in [2.05, 4.69) is 4.98 Å². The molecule has 0 aliphatic rings. The fourth-order valence-electron chi connectivity index (χ4n) is 2.47. The topological polar surface area (TPSA) is 50.8 Å². The summed E-state index contributed by atoms with van der Waals surface area (Å²) in [4.78, 5) is 19.7. The smallest absolute Gasteiger partial charge is 0.295 e. The average molecular weight is 366 g/mol. The predicted molar refractivity (Wildman–Crippen MR) is 92.2 cm³/mol. The first-order valence-corrected chi connectivity index (χ1v) is 8.67. The Hall–Kier alpha value is -2.32. The quantitative estimate of drug-likeness (QED) is 0.729. The van der Waals surface area contributed by atoms with Crippen LogP contribution in [-0.2, 0) is 0 Å². The van der Waals surface area contributed by atoms with Crippen molar-refractivity contribution < 1.29 is 22.9 Å². The van der Waals surface area contributed by atoms with Crippen molar-refractivity contribution in [3.63, 3.8) is 0 Å². The van der Waals surface area contributed by atoms with E-state index in [9.17, 15) is 13.6 Å². The first kappa shape index (κ1) is 17.5. The summed E-state index contributed by atoms with van der Waals surface area (Å²) in [5.74, 6) is -1.57. The van der Waals surface area contributed by atoms with Crippen molar-refractivity contribution in [2.45, 2.75) is 6.42 Å². The van der Waals surface area contributed by atoms with Gasteiger partial charge in [-0.05, 0) is 18.2 Å². The maximum Gasteiger partial charge on any atom is 0.295 e. The lowest BCUT2D eigenvalue weighted by molar-refractivity contribution is -0.858. The average Bonchev–Trinajstić information content (AvgIpc) is 3.20. The van der Waals surface area contributed by atoms with Crippen LogP contribution in [-0.4, -0.2) is 38.1 Å². The molecule has 0 radical (unpaired) electrons. The SMILES string of the molecule is C[NH+](C)CCCN(C(=O)c1ccco1)c1nc2c(F)cc(F)cc2s1. The summed E-state index contributed by atoms with van der Waals surface area (Å²) in [6, 6.07) is 5.21. The Labute approximate surface area is 147 Å². The van der Waals surface area contributed by atoms with Crippen LogP contribution in [0.25, 0.3) is 10.2 Å². The van der Waals surface area contributed by atoms with Crippen LogP contribution in [0.2, 0.25) is 0 Å². The largest absolute Gasteiger partial charge is 0.459 e. The van der Waals surface area contributed by atoms with E-state index >= 15 is 0 Å². The maximum absolute atomic E-state index is 13.9. The van der Waals surface area contributed by atoms with Gasteiger partial charge in [0.15, 0.2) is 16.7 Å². The second-order valence-electron chi connectivity index (χ2n) is 5.98. The molecule has 0 fully saturated rings. The van der Waals surface area contributed by atoms with Crippen LogP contribution in [0, 0.1) is 11.6 Å². The van der Waals surface area contributed by atoms with Gasteiger partial charge in [0.2, 0.25) is 0 Å². The molecule has 0 saturated carbocycles. The van der Waals surface area contributed by atoms with E-state index in [1.807, 2.05) is 14.1 Å². The monoisotopic (exact) mass is 366 g/mol. The third-order valence-corrected chi connectivity index (χ3v) is 4.69. The van der Waals surface area contributed by atoms with Gasteiger partial charge in [0, 0.05) is 19.0 Å². The normalized spacial score (nSPS) is 11.4. The van der Waals surface area contributed by atoms with Gasteiger partial charge in [-0.25, -0.2) is 13.8 Å². The summed E-state index contributed by atoms with van der Waals surface area (Å²) >= 11 is 1.08. The van der Waals surface area contributed by atoms with E-state index in [-0.39, 0.29) is 17.2 Å². The molecular weight excluding hydrogens is 348 g/mol. The highest BCUT2D eigenvalue weighted by atomic mass is 32.1. The number of carbonyl (C=O) groups is 1. The molecule has 25 heavy (non-hydrogen) atoms. The molecular formula is C17H18F2N3O2S+. The van der Waals surface area contributed by atoms with E-state index in [4.69, 9.17) is 4.42 Å². The highest BCUT2D eigenvalue weighted by molar-refractivity contribution is 7.22. The summed E-state index contributed by atoms with van der Waals surface area (Å²) in [5, 5.41) is 0.328. The zero-order valence-electron chi connectivity index (χ0n) is 13.9. The van der Waals surface area contributed by atoms with Gasteiger partial charge in [-0.3, -0.25) is 9.69 Å². The predicted octanol–water partition coefficient (Wildman–Crippen LogP) is 2.35. The number of amides is 1. The van der Waals surface area contributed by atoms with Gasteiger partial charge in [0.05, 0.1) is 31.6 Å². The van der Waals surface area contributed by atoms with Crippen LogP contribution in [0.15, 0.2) is 34.9 Å². The summed E-state index contributed by atoms with van der Waals surface area (Å²) in [6.07, 6.45) is 2.16. The number of hydrogen-bond donors (Lipinski definition) is 1. The minimum Gasteiger partial charge on any atom is -0.459 e. The minimum absolute atomic E-state index is 0.0666. The Morgan fingerprint density at radius 3 is 2.84 bits per heavy atom. The molecule has 0 spiro atoms. The molecule has 2 heterocycles. The lowest BCUT2D eigenvalue weighted by Crippen LogP contribution is -3.05. The minimum atomic E-state index is -0.736. The molecule has 0 saturated heterocycles. The van der Waals surface area contributed by atoms with Gasteiger partial charge in [-0.2, -0.15) is 0 Å². The number of fused-ring (bicyclic) bond motifs is 1. The Bertz CT molecular complexity index is 878. The highest BCUT2D eigenvalue weighted by Crippen LogP contribution is 2.32.